The molecule has 1 aromatic carbocycles. The maximum atomic E-state index is 13.4. The van der Waals surface area contributed by atoms with Crippen molar-refractivity contribution in [3.8, 4) is 0 Å². The number of aryl methyl sites for hydroxylation is 1. The number of carbonyl (C=O) groups is 1. The number of nitrogens with two attached hydrogens (primary N) is 1. The lowest BCUT2D eigenvalue weighted by atomic mass is 10.1. The summed E-state index contributed by atoms with van der Waals surface area (Å²) in [5, 5.41) is 0.808. The molecule has 0 unspecified atom stereocenters. The van der Waals surface area contributed by atoms with E-state index in [-0.39, 0.29) is 30.4 Å². The number of hydrogen-bond donors (Lipinski definition) is 2. The van der Waals surface area contributed by atoms with Crippen LogP contribution in [0.15, 0.2) is 38.3 Å². The van der Waals surface area contributed by atoms with Gasteiger partial charge in [-0.2, -0.15) is 0 Å². The number of nitrogens with one attached hydrogen (secondary N) is 1. The SMILES string of the molecule is CCCCn1c(N)c(N(CCOC)C(=O)c2oc3ccccc3c2C)c(=O)[nH]c1=O. The van der Waals surface area contributed by atoms with Crippen LogP contribution < -0.4 is 21.9 Å². The van der Waals surface area contributed by atoms with E-state index >= 15 is 0 Å². The van der Waals surface area contributed by atoms with Crippen LogP contribution in [0.4, 0.5) is 11.5 Å². The van der Waals surface area contributed by atoms with Crippen molar-refractivity contribution in [3.05, 3.63) is 56.4 Å². The summed E-state index contributed by atoms with van der Waals surface area (Å²) in [6.07, 6.45) is 1.54. The summed E-state index contributed by atoms with van der Waals surface area (Å²) in [6, 6.07) is 7.30. The highest BCUT2D eigenvalue weighted by Gasteiger charge is 2.29. The van der Waals surface area contributed by atoms with Crippen molar-refractivity contribution in [2.45, 2.75) is 33.2 Å². The van der Waals surface area contributed by atoms with Gasteiger partial charge in [-0.1, -0.05) is 31.5 Å². The molecule has 1 amide bonds. The number of aromatic amines is 1. The van der Waals surface area contributed by atoms with E-state index in [4.69, 9.17) is 14.9 Å². The van der Waals surface area contributed by atoms with Crippen molar-refractivity contribution in [1.82, 2.24) is 9.55 Å². The molecule has 0 bridgehead atoms. The van der Waals surface area contributed by atoms with Gasteiger partial charge in [0.2, 0.25) is 0 Å². The standard InChI is InChI=1S/C21H26N4O5/c1-4-5-10-25-18(22)16(19(26)23-21(25)28)24(11-12-29-3)20(27)17-13(2)14-8-6-7-9-15(14)30-17/h6-9H,4-5,10-12,22H2,1-3H3,(H,23,26,28). The molecule has 0 spiro atoms. The van der Waals surface area contributed by atoms with E-state index in [9.17, 15) is 14.4 Å². The number of aromatic nitrogens is 2. The predicted molar refractivity (Wildman–Crippen MR) is 115 cm³/mol. The Morgan fingerprint density at radius 1 is 1.30 bits per heavy atom. The van der Waals surface area contributed by atoms with Crippen LogP contribution in [0.1, 0.15) is 35.9 Å². The van der Waals surface area contributed by atoms with Crippen LogP contribution in [0.2, 0.25) is 0 Å². The summed E-state index contributed by atoms with van der Waals surface area (Å²) in [5.74, 6) is -0.480. The van der Waals surface area contributed by atoms with Crippen molar-refractivity contribution in [3.63, 3.8) is 0 Å². The fourth-order valence-corrected chi connectivity index (χ4v) is 3.37. The molecule has 3 aromatic rings. The number of anilines is 2. The molecule has 2 aromatic heterocycles. The molecule has 3 rings (SSSR count). The first-order chi connectivity index (χ1) is 14.4. The Bertz CT molecular complexity index is 1170. The Kier molecular flexibility index (Phi) is 6.41. The van der Waals surface area contributed by atoms with Gasteiger partial charge in [0.25, 0.3) is 11.5 Å². The zero-order valence-electron chi connectivity index (χ0n) is 17.4. The molecule has 3 N–H and O–H groups in total. The zero-order chi connectivity index (χ0) is 21.8. The van der Waals surface area contributed by atoms with Crippen LogP contribution in [0.25, 0.3) is 11.0 Å². The van der Waals surface area contributed by atoms with Gasteiger partial charge in [-0.25, -0.2) is 4.79 Å². The van der Waals surface area contributed by atoms with Crippen molar-refractivity contribution < 1.29 is 13.9 Å². The number of benzene rings is 1. The summed E-state index contributed by atoms with van der Waals surface area (Å²) >= 11 is 0. The molecule has 0 saturated carbocycles. The van der Waals surface area contributed by atoms with Gasteiger partial charge in [-0.05, 0) is 19.4 Å². The van der Waals surface area contributed by atoms with Gasteiger partial charge in [0.15, 0.2) is 11.4 Å². The molecule has 9 heteroatoms. The van der Waals surface area contributed by atoms with Crippen LogP contribution in [0, 0.1) is 6.92 Å². The number of para-hydroxylation sites is 1. The Balaban J connectivity index is 2.14. The number of ether oxygens (including phenoxy) is 1. The van der Waals surface area contributed by atoms with Gasteiger partial charge < -0.3 is 14.9 Å². The lowest BCUT2D eigenvalue weighted by molar-refractivity contribution is 0.0950. The number of nitrogens with zero attached hydrogens (tertiary/aromatic N) is 2. The highest BCUT2D eigenvalue weighted by atomic mass is 16.5. The van der Waals surface area contributed by atoms with Gasteiger partial charge in [0.1, 0.15) is 11.4 Å². The Morgan fingerprint density at radius 2 is 2.03 bits per heavy atom. The van der Waals surface area contributed by atoms with Crippen molar-refractivity contribution in [2.75, 3.05) is 30.9 Å². The van der Waals surface area contributed by atoms with E-state index in [0.717, 1.165) is 11.8 Å². The minimum atomic E-state index is -0.733. The lowest BCUT2D eigenvalue weighted by Gasteiger charge is -2.23. The normalized spacial score (nSPS) is 11.2. The number of amides is 1. The van der Waals surface area contributed by atoms with Gasteiger partial charge >= 0.3 is 5.69 Å². The third kappa shape index (κ3) is 3.88. The monoisotopic (exact) mass is 414 g/mol. The first-order valence-corrected chi connectivity index (χ1v) is 9.82. The second kappa shape index (κ2) is 9.00. The molecule has 9 nitrogen and oxygen atoms in total. The fourth-order valence-electron chi connectivity index (χ4n) is 3.37. The molecule has 0 saturated heterocycles. The average Bonchev–Trinajstić information content (AvgIpc) is 3.06. The van der Waals surface area contributed by atoms with E-state index in [1.54, 1.807) is 13.0 Å². The third-order valence-corrected chi connectivity index (χ3v) is 5.02. The average molecular weight is 414 g/mol. The van der Waals surface area contributed by atoms with Crippen molar-refractivity contribution >= 4 is 28.4 Å². The molecule has 0 fully saturated rings. The minimum Gasteiger partial charge on any atom is -0.451 e. The predicted octanol–water partition coefficient (Wildman–Crippen LogP) is 2.27. The van der Waals surface area contributed by atoms with E-state index in [2.05, 4.69) is 4.98 Å². The lowest BCUT2D eigenvalue weighted by Crippen LogP contribution is -2.42. The van der Waals surface area contributed by atoms with Crippen molar-refractivity contribution in [2.24, 2.45) is 0 Å². The van der Waals surface area contributed by atoms with E-state index in [0.29, 0.717) is 24.1 Å². The maximum Gasteiger partial charge on any atom is 0.330 e. The Hall–Kier alpha value is -3.33. The quantitative estimate of drug-likeness (QED) is 0.583. The molecular weight excluding hydrogens is 388 g/mol. The number of methoxy groups -OCH3 is 1. The first-order valence-electron chi connectivity index (χ1n) is 9.82. The third-order valence-electron chi connectivity index (χ3n) is 5.02. The Labute approximate surface area is 173 Å². The number of H-pyrrole nitrogens is 1. The number of fused-ring (bicyclic) bond motifs is 1. The zero-order valence-corrected chi connectivity index (χ0v) is 17.4. The molecule has 0 aliphatic carbocycles. The summed E-state index contributed by atoms with van der Waals surface area (Å²) in [4.78, 5) is 41.8. The molecule has 0 radical (unpaired) electrons. The topological polar surface area (TPSA) is 124 Å². The van der Waals surface area contributed by atoms with Crippen molar-refractivity contribution in [1.29, 1.82) is 0 Å². The Morgan fingerprint density at radius 3 is 2.70 bits per heavy atom. The maximum absolute atomic E-state index is 13.4. The van der Waals surface area contributed by atoms with Gasteiger partial charge in [0.05, 0.1) is 13.2 Å². The van der Waals surface area contributed by atoms with Crippen LogP contribution in [0.3, 0.4) is 0 Å². The van der Waals surface area contributed by atoms with E-state index < -0.39 is 17.2 Å². The number of carbonyl (C=O) groups excluding carboxylic acids is 1. The number of rotatable bonds is 8. The minimum absolute atomic E-state index is 0.0598. The smallest absolute Gasteiger partial charge is 0.330 e. The molecular formula is C21H26N4O5. The highest BCUT2D eigenvalue weighted by molar-refractivity contribution is 6.08. The summed E-state index contributed by atoms with van der Waals surface area (Å²) in [7, 11) is 1.49. The summed E-state index contributed by atoms with van der Waals surface area (Å²) in [5.41, 5.74) is 6.01. The molecule has 0 atom stereocenters. The van der Waals surface area contributed by atoms with E-state index in [1.807, 2.05) is 25.1 Å². The van der Waals surface area contributed by atoms with Crippen LogP contribution in [-0.4, -0.2) is 35.7 Å². The van der Waals surface area contributed by atoms with Crippen LogP contribution in [0.5, 0.6) is 0 Å². The molecule has 2 heterocycles. The van der Waals surface area contributed by atoms with Gasteiger partial charge in [-0.15, -0.1) is 0 Å². The second-order valence-corrected chi connectivity index (χ2v) is 7.00. The molecule has 0 aliphatic rings. The number of unbranched alkanes of at least 4 members (excludes halogenated alkanes) is 1. The van der Waals surface area contributed by atoms with Gasteiger partial charge in [0, 0.05) is 24.6 Å². The summed E-state index contributed by atoms with van der Waals surface area (Å²) in [6.45, 7) is 4.32. The highest BCUT2D eigenvalue weighted by Crippen LogP contribution is 2.28. The van der Waals surface area contributed by atoms with Crippen LogP contribution >= 0.6 is 0 Å². The molecule has 160 valence electrons. The second-order valence-electron chi connectivity index (χ2n) is 7.00. The van der Waals surface area contributed by atoms with Crippen LogP contribution in [-0.2, 0) is 11.3 Å². The largest absolute Gasteiger partial charge is 0.451 e. The number of furan rings is 1. The fraction of sp³-hybridized carbons (Fsp3) is 0.381. The molecule has 0 aliphatic heterocycles. The van der Waals surface area contributed by atoms with Gasteiger partial charge in [-0.3, -0.25) is 24.0 Å². The summed E-state index contributed by atoms with van der Waals surface area (Å²) < 4.78 is 12.2. The number of hydrogen-bond acceptors (Lipinski definition) is 6. The first kappa shape index (κ1) is 21.4. The van der Waals surface area contributed by atoms with E-state index in [1.165, 1.54) is 16.6 Å². The molecule has 30 heavy (non-hydrogen) atoms. The number of nitrogen functional groups attached to an aromatic ring is 1.